The number of aliphatic imine (C=N–C) groups is 1. The molecule has 0 saturated heterocycles. The summed E-state index contributed by atoms with van der Waals surface area (Å²) in [6.07, 6.45) is 1.82. The highest BCUT2D eigenvalue weighted by Crippen LogP contribution is 2.12. The van der Waals surface area contributed by atoms with Gasteiger partial charge in [0.15, 0.2) is 0 Å². The van der Waals surface area contributed by atoms with Gasteiger partial charge in [0.1, 0.15) is 11.0 Å². The van der Waals surface area contributed by atoms with Crippen LogP contribution in [0.4, 0.5) is 5.69 Å². The van der Waals surface area contributed by atoms with Crippen molar-refractivity contribution < 1.29 is 0 Å². The molecule has 0 unspecified atom stereocenters. The number of aromatic amines is 1. The van der Waals surface area contributed by atoms with Crippen molar-refractivity contribution in [2.45, 2.75) is 0 Å². The summed E-state index contributed by atoms with van der Waals surface area (Å²) < 4.78 is 0. The molecule has 0 spiro atoms. The molecule has 0 aliphatic rings. The van der Waals surface area contributed by atoms with Crippen molar-refractivity contribution in [2.75, 3.05) is 0 Å². The summed E-state index contributed by atoms with van der Waals surface area (Å²) in [5, 5.41) is 10.6. The van der Waals surface area contributed by atoms with E-state index in [2.05, 4.69) is 20.4 Å². The van der Waals surface area contributed by atoms with E-state index in [-0.39, 0.29) is 0 Å². The first kappa shape index (κ1) is 9.72. The van der Waals surface area contributed by atoms with Gasteiger partial charge in [-0.2, -0.15) is 15.4 Å². The zero-order valence-corrected chi connectivity index (χ0v) is 9.04. The molecule has 17 heavy (non-hydrogen) atoms. The second-order valence-electron chi connectivity index (χ2n) is 3.67. The van der Waals surface area contributed by atoms with Gasteiger partial charge >= 0.3 is 0 Å². The molecule has 1 heterocycles. The maximum absolute atomic E-state index is 4.38. The second kappa shape index (κ2) is 4.17. The lowest BCUT2D eigenvalue weighted by molar-refractivity contribution is 0.959. The Kier molecular flexibility index (Phi) is 2.38. The Morgan fingerprint density at radius 2 is 1.76 bits per heavy atom. The molecule has 0 atom stereocenters. The summed E-state index contributed by atoms with van der Waals surface area (Å²) >= 11 is 0. The second-order valence-corrected chi connectivity index (χ2v) is 3.67. The molecule has 4 heteroatoms. The molecular weight excluding hydrogens is 212 g/mol. The van der Waals surface area contributed by atoms with E-state index >= 15 is 0 Å². The van der Waals surface area contributed by atoms with Crippen LogP contribution in [0.5, 0.6) is 0 Å². The average Bonchev–Trinajstić information content (AvgIpc) is 2.85. The van der Waals surface area contributed by atoms with E-state index in [0.29, 0.717) is 0 Å². The van der Waals surface area contributed by atoms with Crippen molar-refractivity contribution in [1.82, 2.24) is 15.4 Å². The quantitative estimate of drug-likeness (QED) is 0.678. The number of H-pyrrole nitrogens is 1. The minimum absolute atomic E-state index is 0.849. The fourth-order valence-electron chi connectivity index (χ4n) is 1.60. The molecule has 3 rings (SSSR count). The van der Waals surface area contributed by atoms with E-state index < -0.39 is 0 Å². The summed E-state index contributed by atoms with van der Waals surface area (Å²) in [4.78, 5) is 4.38. The van der Waals surface area contributed by atoms with Crippen molar-refractivity contribution in [3.8, 4) is 0 Å². The van der Waals surface area contributed by atoms with Crippen LogP contribution in [-0.4, -0.2) is 21.6 Å². The number of hydrogen-bond acceptors (Lipinski definition) is 3. The van der Waals surface area contributed by atoms with Crippen LogP contribution in [0.25, 0.3) is 11.0 Å². The van der Waals surface area contributed by atoms with Crippen molar-refractivity contribution in [1.29, 1.82) is 0 Å². The predicted octanol–water partition coefficient (Wildman–Crippen LogP) is 2.71. The summed E-state index contributed by atoms with van der Waals surface area (Å²) in [6.45, 7) is 0. The van der Waals surface area contributed by atoms with Crippen LogP contribution in [0.2, 0.25) is 0 Å². The summed E-state index contributed by atoms with van der Waals surface area (Å²) in [7, 11) is 0. The maximum Gasteiger partial charge on any atom is 0.113 e. The Bertz CT molecular complexity index is 655. The number of nitrogens with zero attached hydrogens (tertiary/aromatic N) is 3. The molecule has 2 aromatic carbocycles. The standard InChI is InChI=1S/C13H10N4/c1-2-4-11(5-3-1)14-9-10-6-7-12-13(8-10)16-17-15-12/h1-9H,(H,15,16,17). The minimum atomic E-state index is 0.849. The normalized spacial score (nSPS) is 11.3. The van der Waals surface area contributed by atoms with Crippen LogP contribution in [0.3, 0.4) is 0 Å². The molecule has 0 amide bonds. The lowest BCUT2D eigenvalue weighted by Gasteiger charge is -1.93. The van der Waals surface area contributed by atoms with Crippen molar-refractivity contribution >= 4 is 22.9 Å². The molecule has 3 aromatic rings. The Hall–Kier alpha value is -2.49. The third kappa shape index (κ3) is 2.06. The van der Waals surface area contributed by atoms with E-state index in [4.69, 9.17) is 0 Å². The van der Waals surface area contributed by atoms with Gasteiger partial charge in [-0.05, 0) is 29.8 Å². The third-order valence-corrected chi connectivity index (χ3v) is 2.46. The molecule has 0 aliphatic carbocycles. The number of rotatable bonds is 2. The zero-order chi connectivity index (χ0) is 11.5. The molecule has 1 aromatic heterocycles. The lowest BCUT2D eigenvalue weighted by atomic mass is 10.2. The largest absolute Gasteiger partial charge is 0.256 e. The van der Waals surface area contributed by atoms with E-state index in [0.717, 1.165) is 22.3 Å². The number of para-hydroxylation sites is 1. The van der Waals surface area contributed by atoms with Gasteiger partial charge in [-0.3, -0.25) is 4.99 Å². The van der Waals surface area contributed by atoms with Crippen molar-refractivity contribution in [3.63, 3.8) is 0 Å². The van der Waals surface area contributed by atoms with Gasteiger partial charge in [0.05, 0.1) is 5.69 Å². The smallest absolute Gasteiger partial charge is 0.113 e. The fraction of sp³-hybridized carbons (Fsp3) is 0. The Balaban J connectivity index is 1.92. The molecular formula is C13H10N4. The highest BCUT2D eigenvalue weighted by atomic mass is 15.3. The van der Waals surface area contributed by atoms with Gasteiger partial charge in [-0.15, -0.1) is 0 Å². The number of fused-ring (bicyclic) bond motifs is 1. The van der Waals surface area contributed by atoms with Gasteiger partial charge in [0.25, 0.3) is 0 Å². The Labute approximate surface area is 98.0 Å². The number of nitrogens with one attached hydrogen (secondary N) is 1. The van der Waals surface area contributed by atoms with Crippen LogP contribution in [0, 0.1) is 0 Å². The monoisotopic (exact) mass is 222 g/mol. The lowest BCUT2D eigenvalue weighted by Crippen LogP contribution is -1.80. The molecule has 82 valence electrons. The minimum Gasteiger partial charge on any atom is -0.256 e. The highest BCUT2D eigenvalue weighted by molar-refractivity contribution is 5.87. The molecule has 4 nitrogen and oxygen atoms in total. The molecule has 1 N–H and O–H groups in total. The van der Waals surface area contributed by atoms with E-state index in [1.54, 1.807) is 0 Å². The first-order chi connectivity index (χ1) is 8.42. The van der Waals surface area contributed by atoms with Crippen molar-refractivity contribution in [3.05, 3.63) is 54.1 Å². The van der Waals surface area contributed by atoms with Crippen molar-refractivity contribution in [2.24, 2.45) is 4.99 Å². The number of aromatic nitrogens is 3. The van der Waals surface area contributed by atoms with E-state index in [9.17, 15) is 0 Å². The molecule has 0 fully saturated rings. The SMILES string of the molecule is C(=Nc1ccccc1)c1ccc2n[nH]nc2c1. The topological polar surface area (TPSA) is 53.9 Å². The van der Waals surface area contributed by atoms with E-state index in [1.165, 1.54) is 0 Å². The van der Waals surface area contributed by atoms with Crippen LogP contribution in [0.15, 0.2) is 53.5 Å². The summed E-state index contributed by atoms with van der Waals surface area (Å²) in [5.74, 6) is 0. The fourth-order valence-corrected chi connectivity index (χ4v) is 1.60. The zero-order valence-electron chi connectivity index (χ0n) is 9.04. The maximum atomic E-state index is 4.38. The summed E-state index contributed by atoms with van der Waals surface area (Å²) in [6, 6.07) is 15.7. The molecule has 0 bridgehead atoms. The number of benzene rings is 2. The van der Waals surface area contributed by atoms with Gasteiger partial charge < -0.3 is 0 Å². The molecule has 0 aliphatic heterocycles. The molecule has 0 radical (unpaired) electrons. The third-order valence-electron chi connectivity index (χ3n) is 2.46. The molecule has 0 saturated carbocycles. The first-order valence-electron chi connectivity index (χ1n) is 5.31. The Morgan fingerprint density at radius 3 is 2.65 bits per heavy atom. The van der Waals surface area contributed by atoms with Gasteiger partial charge in [0, 0.05) is 6.21 Å². The van der Waals surface area contributed by atoms with E-state index in [1.807, 2.05) is 54.7 Å². The Morgan fingerprint density at radius 1 is 0.941 bits per heavy atom. The summed E-state index contributed by atoms with van der Waals surface area (Å²) in [5.41, 5.74) is 3.66. The highest BCUT2D eigenvalue weighted by Gasteiger charge is 1.97. The van der Waals surface area contributed by atoms with Crippen LogP contribution >= 0.6 is 0 Å². The van der Waals surface area contributed by atoms with Crippen LogP contribution < -0.4 is 0 Å². The van der Waals surface area contributed by atoms with Gasteiger partial charge in [-0.1, -0.05) is 24.3 Å². The average molecular weight is 222 g/mol. The van der Waals surface area contributed by atoms with Gasteiger partial charge in [-0.25, -0.2) is 0 Å². The number of hydrogen-bond donors (Lipinski definition) is 1. The van der Waals surface area contributed by atoms with Gasteiger partial charge in [0.2, 0.25) is 0 Å². The predicted molar refractivity (Wildman–Crippen MR) is 67.6 cm³/mol. The van der Waals surface area contributed by atoms with Crippen LogP contribution in [-0.2, 0) is 0 Å². The van der Waals surface area contributed by atoms with Crippen LogP contribution in [0.1, 0.15) is 5.56 Å². The first-order valence-corrected chi connectivity index (χ1v) is 5.31.